The van der Waals surface area contributed by atoms with Crippen molar-refractivity contribution in [1.29, 1.82) is 0 Å². The van der Waals surface area contributed by atoms with Gasteiger partial charge in [-0.15, -0.1) is 0 Å². The Morgan fingerprint density at radius 2 is 1.61 bits per heavy atom. The molecule has 170 valence electrons. The van der Waals surface area contributed by atoms with E-state index >= 15 is 0 Å². The van der Waals surface area contributed by atoms with Gasteiger partial charge in [-0.25, -0.2) is 4.39 Å². The Bertz CT molecular complexity index is 1340. The van der Waals surface area contributed by atoms with Gasteiger partial charge in [0.15, 0.2) is 0 Å². The zero-order valence-corrected chi connectivity index (χ0v) is 17.1. The van der Waals surface area contributed by atoms with Crippen molar-refractivity contribution in [3.05, 3.63) is 91.8 Å². The van der Waals surface area contributed by atoms with Gasteiger partial charge < -0.3 is 14.7 Å². The number of alkyl halides is 3. The Labute approximate surface area is 184 Å². The van der Waals surface area contributed by atoms with Crippen LogP contribution in [0.15, 0.2) is 62.6 Å². The van der Waals surface area contributed by atoms with Gasteiger partial charge in [0.05, 0.1) is 0 Å². The van der Waals surface area contributed by atoms with E-state index in [0.717, 1.165) is 11.1 Å². The van der Waals surface area contributed by atoms with Crippen molar-refractivity contribution in [2.45, 2.75) is 19.3 Å². The van der Waals surface area contributed by atoms with Crippen LogP contribution in [0.25, 0.3) is 11.4 Å². The Morgan fingerprint density at radius 3 is 2.21 bits per heavy atom. The van der Waals surface area contributed by atoms with Crippen molar-refractivity contribution in [3.63, 3.8) is 0 Å². The van der Waals surface area contributed by atoms with Gasteiger partial charge in [-0.1, -0.05) is 41.6 Å². The molecule has 1 aromatic heterocycles. The van der Waals surface area contributed by atoms with E-state index < -0.39 is 22.9 Å². The molecule has 0 spiro atoms. The molecule has 11 heteroatoms. The van der Waals surface area contributed by atoms with Gasteiger partial charge in [-0.2, -0.15) is 18.2 Å². The van der Waals surface area contributed by atoms with E-state index in [4.69, 9.17) is 0 Å². The highest BCUT2D eigenvalue weighted by molar-refractivity contribution is 5.75. The maximum Gasteiger partial charge on any atom is 0.471 e. The fourth-order valence-electron chi connectivity index (χ4n) is 3.27. The molecular formula is C22H16F4N4O3. The first kappa shape index (κ1) is 22.2. The zero-order valence-electron chi connectivity index (χ0n) is 17.1. The lowest BCUT2D eigenvalue weighted by molar-refractivity contribution is -0.159. The Balaban J connectivity index is 1.44. The largest absolute Gasteiger partial charge is 0.471 e. The van der Waals surface area contributed by atoms with Crippen LogP contribution in [0.4, 0.5) is 28.9 Å². The molecule has 3 aromatic carbocycles. The van der Waals surface area contributed by atoms with Crippen molar-refractivity contribution in [2.75, 3.05) is 17.3 Å². The number of benzene rings is 2. The molecule has 0 saturated carbocycles. The predicted molar refractivity (Wildman–Crippen MR) is 112 cm³/mol. The molecule has 0 aliphatic rings. The lowest BCUT2D eigenvalue weighted by Gasteiger charge is -2.24. The molecule has 0 amide bonds. The van der Waals surface area contributed by atoms with E-state index in [1.165, 1.54) is 24.3 Å². The number of nitrogens with one attached hydrogen (secondary N) is 1. The number of hydrogen-bond donors (Lipinski definition) is 1. The van der Waals surface area contributed by atoms with Crippen molar-refractivity contribution < 1.29 is 22.1 Å². The highest BCUT2D eigenvalue weighted by Crippen LogP contribution is 2.29. The fraction of sp³-hybridized carbons (Fsp3) is 0.182. The van der Waals surface area contributed by atoms with Crippen molar-refractivity contribution >= 4 is 11.4 Å². The molecule has 4 aromatic rings. The molecule has 33 heavy (non-hydrogen) atoms. The average molecular weight is 460 g/mol. The molecule has 1 N–H and O–H groups in total. The van der Waals surface area contributed by atoms with Crippen molar-refractivity contribution in [1.82, 2.24) is 10.1 Å². The maximum atomic E-state index is 13.0. The monoisotopic (exact) mass is 460 g/mol. The second-order valence-corrected chi connectivity index (χ2v) is 7.34. The average Bonchev–Trinajstić information content (AvgIpc) is 3.28. The Hall–Kier alpha value is -4.02. The van der Waals surface area contributed by atoms with Gasteiger partial charge >= 0.3 is 12.1 Å². The van der Waals surface area contributed by atoms with Gasteiger partial charge in [0, 0.05) is 25.7 Å². The first-order chi connectivity index (χ1) is 15.6. The minimum Gasteiger partial charge on any atom is -0.376 e. The molecule has 4 rings (SSSR count). The van der Waals surface area contributed by atoms with Gasteiger partial charge in [0.2, 0.25) is 5.82 Å². The SMILES string of the molecule is CN(Cc1ccc(-c2noc(C(F)(F)F)n2)cc1)c1c(NCc2ccc(F)cc2)c(=O)c1=O. The standard InChI is InChI=1S/C22H16F4N4O3/c1-30(17-16(18(31)19(17)32)27-10-12-4-8-15(23)9-5-12)11-13-2-6-14(7-3-13)20-28-21(33-29-20)22(24,25)26/h2-9,27H,10-11H2,1H3. The van der Waals surface area contributed by atoms with Crippen LogP contribution in [0.5, 0.6) is 0 Å². The second kappa shape index (κ2) is 8.49. The summed E-state index contributed by atoms with van der Waals surface area (Å²) in [5.74, 6) is -2.00. The topological polar surface area (TPSA) is 88.3 Å². The number of aromatic nitrogens is 2. The fourth-order valence-corrected chi connectivity index (χ4v) is 3.27. The highest BCUT2D eigenvalue weighted by Gasteiger charge is 2.38. The van der Waals surface area contributed by atoms with Crippen LogP contribution in [0.1, 0.15) is 17.0 Å². The van der Waals surface area contributed by atoms with E-state index in [9.17, 15) is 27.2 Å². The first-order valence-corrected chi connectivity index (χ1v) is 9.66. The molecule has 0 aliphatic carbocycles. The normalized spacial score (nSPS) is 11.7. The molecule has 7 nitrogen and oxygen atoms in total. The van der Waals surface area contributed by atoms with Gasteiger partial charge in [-0.05, 0) is 23.3 Å². The van der Waals surface area contributed by atoms with Gasteiger partial charge in [-0.3, -0.25) is 9.59 Å². The maximum absolute atomic E-state index is 13.0. The highest BCUT2D eigenvalue weighted by atomic mass is 19.4. The lowest BCUT2D eigenvalue weighted by atomic mass is 10.1. The van der Waals surface area contributed by atoms with Crippen LogP contribution in [0.2, 0.25) is 0 Å². The van der Waals surface area contributed by atoms with E-state index in [0.29, 0.717) is 5.56 Å². The van der Waals surface area contributed by atoms with Gasteiger partial charge in [0.1, 0.15) is 17.2 Å². The zero-order chi connectivity index (χ0) is 23.8. The summed E-state index contributed by atoms with van der Waals surface area (Å²) in [7, 11) is 1.64. The third kappa shape index (κ3) is 4.61. The first-order valence-electron chi connectivity index (χ1n) is 9.66. The molecular weight excluding hydrogens is 444 g/mol. The number of nitrogens with zero attached hydrogens (tertiary/aromatic N) is 3. The molecule has 0 unspecified atom stereocenters. The summed E-state index contributed by atoms with van der Waals surface area (Å²) in [4.78, 5) is 29.1. The summed E-state index contributed by atoms with van der Waals surface area (Å²) in [6, 6.07) is 12.1. The quantitative estimate of drug-likeness (QED) is 0.332. The molecule has 0 fully saturated rings. The van der Waals surface area contributed by atoms with Gasteiger partial charge in [0.25, 0.3) is 10.9 Å². The van der Waals surface area contributed by atoms with Crippen molar-refractivity contribution in [2.24, 2.45) is 0 Å². The molecule has 0 aliphatic heterocycles. The number of rotatable bonds is 7. The predicted octanol–water partition coefficient (Wildman–Crippen LogP) is 3.74. The van der Waals surface area contributed by atoms with Crippen LogP contribution in [-0.2, 0) is 19.3 Å². The molecule has 0 bridgehead atoms. The van der Waals surface area contributed by atoms with E-state index in [1.807, 2.05) is 0 Å². The third-order valence-corrected chi connectivity index (χ3v) is 4.95. The van der Waals surface area contributed by atoms with E-state index in [-0.39, 0.29) is 36.1 Å². The summed E-state index contributed by atoms with van der Waals surface area (Å²) in [6.07, 6.45) is -4.73. The minimum atomic E-state index is -4.73. The number of hydrogen-bond acceptors (Lipinski definition) is 7. The summed E-state index contributed by atoms with van der Waals surface area (Å²) in [5, 5.41) is 6.26. The van der Waals surface area contributed by atoms with Crippen molar-refractivity contribution in [3.8, 4) is 11.4 Å². The second-order valence-electron chi connectivity index (χ2n) is 7.34. The third-order valence-electron chi connectivity index (χ3n) is 4.95. The van der Waals surface area contributed by atoms with Crippen LogP contribution >= 0.6 is 0 Å². The Kier molecular flexibility index (Phi) is 5.71. The summed E-state index contributed by atoms with van der Waals surface area (Å²) < 4.78 is 55.1. The molecule has 0 atom stereocenters. The Morgan fingerprint density at radius 1 is 0.970 bits per heavy atom. The summed E-state index contributed by atoms with van der Waals surface area (Å²) >= 11 is 0. The number of halogens is 4. The van der Waals surface area contributed by atoms with Crippen LogP contribution in [-0.4, -0.2) is 17.2 Å². The molecule has 1 heterocycles. The van der Waals surface area contributed by atoms with E-state index in [2.05, 4.69) is 20.0 Å². The number of anilines is 2. The molecule has 0 saturated heterocycles. The molecule has 0 radical (unpaired) electrons. The van der Waals surface area contributed by atoms with E-state index in [1.54, 1.807) is 36.2 Å². The smallest absolute Gasteiger partial charge is 0.376 e. The minimum absolute atomic E-state index is 0.176. The summed E-state index contributed by atoms with van der Waals surface area (Å²) in [6.45, 7) is 0.502. The van der Waals surface area contributed by atoms with Crippen LogP contribution < -0.4 is 21.1 Å². The van der Waals surface area contributed by atoms with Crippen LogP contribution in [0.3, 0.4) is 0 Å². The lowest BCUT2D eigenvalue weighted by Crippen LogP contribution is -2.41. The summed E-state index contributed by atoms with van der Waals surface area (Å²) in [5.41, 5.74) is 0.946. The van der Waals surface area contributed by atoms with Crippen LogP contribution in [0, 0.1) is 5.82 Å².